The molecule has 1 aromatic carbocycles. The van der Waals surface area contributed by atoms with E-state index in [1.165, 1.54) is 0 Å². The molecule has 2 N–H and O–H groups in total. The molecule has 2 aromatic rings. The first-order chi connectivity index (χ1) is 11.7. The summed E-state index contributed by atoms with van der Waals surface area (Å²) in [5.74, 6) is 2.04. The molecule has 1 unspecified atom stereocenters. The Labute approximate surface area is 142 Å². The van der Waals surface area contributed by atoms with Crippen molar-refractivity contribution in [2.75, 3.05) is 26.8 Å². The second-order valence-electron chi connectivity index (χ2n) is 6.27. The van der Waals surface area contributed by atoms with Gasteiger partial charge in [-0.3, -0.25) is 4.90 Å². The first-order valence-corrected chi connectivity index (χ1v) is 8.39. The molecule has 130 valence electrons. The van der Waals surface area contributed by atoms with E-state index in [0.29, 0.717) is 0 Å². The predicted molar refractivity (Wildman–Crippen MR) is 91.2 cm³/mol. The van der Waals surface area contributed by atoms with Crippen molar-refractivity contribution in [3.05, 3.63) is 42.5 Å². The molecule has 0 radical (unpaired) electrons. The van der Waals surface area contributed by atoms with E-state index in [2.05, 4.69) is 14.5 Å². The second kappa shape index (κ2) is 7.79. The van der Waals surface area contributed by atoms with E-state index in [9.17, 15) is 5.11 Å². The highest BCUT2D eigenvalue weighted by Gasteiger charge is 2.25. The Bertz CT molecular complexity index is 633. The van der Waals surface area contributed by atoms with Crippen LogP contribution in [0.25, 0.3) is 5.69 Å². The molecular weight excluding hydrogens is 306 g/mol. The predicted octanol–water partition coefficient (Wildman–Crippen LogP) is 1.45. The van der Waals surface area contributed by atoms with Crippen LogP contribution in [0.1, 0.15) is 18.7 Å². The van der Waals surface area contributed by atoms with Crippen molar-refractivity contribution in [1.82, 2.24) is 14.5 Å². The van der Waals surface area contributed by atoms with Gasteiger partial charge in [0.15, 0.2) is 0 Å². The standard InChI is InChI=1S/C18H25N3O3/c1-24-16-4-2-15(3-5-16)21-11-8-19-18(21)12-20-9-6-14(7-10-20)17(23)13-22/h2-5,8,11,14,17,22-23H,6-7,9-10,12-13H2,1H3. The first-order valence-electron chi connectivity index (χ1n) is 8.39. The van der Waals surface area contributed by atoms with Gasteiger partial charge in [0.1, 0.15) is 11.6 Å². The number of ether oxygens (including phenoxy) is 1. The molecule has 0 aliphatic carbocycles. The van der Waals surface area contributed by atoms with Crippen LogP contribution in [-0.4, -0.2) is 57.6 Å². The molecule has 1 aliphatic rings. The zero-order chi connectivity index (χ0) is 16.9. The van der Waals surface area contributed by atoms with Crippen molar-refractivity contribution < 1.29 is 14.9 Å². The Balaban J connectivity index is 1.64. The monoisotopic (exact) mass is 331 g/mol. The van der Waals surface area contributed by atoms with Gasteiger partial charge in [0.05, 0.1) is 26.4 Å². The maximum Gasteiger partial charge on any atom is 0.127 e. The van der Waals surface area contributed by atoms with E-state index >= 15 is 0 Å². The third-order valence-electron chi connectivity index (χ3n) is 4.80. The number of hydrogen-bond donors (Lipinski definition) is 2. The summed E-state index contributed by atoms with van der Waals surface area (Å²) in [5.41, 5.74) is 1.06. The molecule has 3 rings (SSSR count). The van der Waals surface area contributed by atoms with Gasteiger partial charge >= 0.3 is 0 Å². The molecule has 1 aromatic heterocycles. The summed E-state index contributed by atoms with van der Waals surface area (Å²) < 4.78 is 7.30. The lowest BCUT2D eigenvalue weighted by molar-refractivity contribution is 0.0168. The average molecular weight is 331 g/mol. The number of benzene rings is 1. The minimum atomic E-state index is -0.589. The van der Waals surface area contributed by atoms with Crippen LogP contribution in [0.5, 0.6) is 5.75 Å². The van der Waals surface area contributed by atoms with Gasteiger partial charge in [-0.15, -0.1) is 0 Å². The van der Waals surface area contributed by atoms with E-state index in [-0.39, 0.29) is 12.5 Å². The van der Waals surface area contributed by atoms with Gasteiger partial charge in [-0.1, -0.05) is 0 Å². The number of imidazole rings is 1. The Morgan fingerprint density at radius 2 is 1.96 bits per heavy atom. The van der Waals surface area contributed by atoms with Crippen LogP contribution < -0.4 is 4.74 Å². The third-order valence-corrected chi connectivity index (χ3v) is 4.80. The number of piperidine rings is 1. The van der Waals surface area contributed by atoms with E-state index in [1.54, 1.807) is 7.11 Å². The maximum atomic E-state index is 9.77. The van der Waals surface area contributed by atoms with Gasteiger partial charge in [-0.2, -0.15) is 0 Å². The highest BCUT2D eigenvalue weighted by atomic mass is 16.5. The molecule has 2 heterocycles. The van der Waals surface area contributed by atoms with E-state index in [4.69, 9.17) is 9.84 Å². The van der Waals surface area contributed by atoms with Gasteiger partial charge in [-0.25, -0.2) is 4.98 Å². The fraction of sp³-hybridized carbons (Fsp3) is 0.500. The number of aliphatic hydroxyl groups excluding tert-OH is 2. The van der Waals surface area contributed by atoms with E-state index < -0.39 is 6.10 Å². The molecule has 6 nitrogen and oxygen atoms in total. The number of aliphatic hydroxyl groups is 2. The van der Waals surface area contributed by atoms with Crippen LogP contribution in [0.2, 0.25) is 0 Å². The number of rotatable bonds is 6. The van der Waals surface area contributed by atoms with E-state index in [0.717, 1.165) is 49.7 Å². The van der Waals surface area contributed by atoms with Gasteiger partial charge < -0.3 is 19.5 Å². The Kier molecular flexibility index (Phi) is 5.50. The maximum absolute atomic E-state index is 9.77. The number of hydrogen-bond acceptors (Lipinski definition) is 5. The molecule has 0 saturated carbocycles. The summed E-state index contributed by atoms with van der Waals surface area (Å²) in [4.78, 5) is 6.85. The highest BCUT2D eigenvalue weighted by Crippen LogP contribution is 2.23. The summed E-state index contributed by atoms with van der Waals surface area (Å²) >= 11 is 0. The summed E-state index contributed by atoms with van der Waals surface area (Å²) in [7, 11) is 1.66. The van der Waals surface area contributed by atoms with E-state index in [1.807, 2.05) is 36.7 Å². The lowest BCUT2D eigenvalue weighted by Crippen LogP contribution is -2.38. The van der Waals surface area contributed by atoms with Crippen LogP contribution >= 0.6 is 0 Å². The van der Waals surface area contributed by atoms with Crippen molar-refractivity contribution in [1.29, 1.82) is 0 Å². The zero-order valence-electron chi connectivity index (χ0n) is 14.0. The normalized spacial score (nSPS) is 17.8. The SMILES string of the molecule is COc1ccc(-n2ccnc2CN2CCC(C(O)CO)CC2)cc1. The fourth-order valence-electron chi connectivity index (χ4n) is 3.27. The third kappa shape index (κ3) is 3.77. The molecule has 0 bridgehead atoms. The van der Waals surface area contributed by atoms with Gasteiger partial charge in [-0.05, 0) is 56.1 Å². The average Bonchev–Trinajstić information content (AvgIpc) is 3.10. The van der Waals surface area contributed by atoms with Crippen LogP contribution in [0.15, 0.2) is 36.7 Å². The number of methoxy groups -OCH3 is 1. The quantitative estimate of drug-likeness (QED) is 0.838. The van der Waals surface area contributed by atoms with Crippen LogP contribution in [0, 0.1) is 5.92 Å². The zero-order valence-corrected chi connectivity index (χ0v) is 14.0. The number of likely N-dealkylation sites (tertiary alicyclic amines) is 1. The molecule has 6 heteroatoms. The lowest BCUT2D eigenvalue weighted by Gasteiger charge is -2.33. The lowest BCUT2D eigenvalue weighted by atomic mass is 9.91. The molecule has 1 atom stereocenters. The summed E-state index contributed by atoms with van der Waals surface area (Å²) in [5, 5.41) is 18.8. The topological polar surface area (TPSA) is 70.8 Å². The Morgan fingerprint density at radius 1 is 1.25 bits per heavy atom. The summed E-state index contributed by atoms with van der Waals surface area (Å²) in [6.07, 6.45) is 5.02. The minimum absolute atomic E-state index is 0.146. The Morgan fingerprint density at radius 3 is 2.58 bits per heavy atom. The first kappa shape index (κ1) is 17.0. The number of nitrogens with zero attached hydrogens (tertiary/aromatic N) is 3. The number of aromatic nitrogens is 2. The summed E-state index contributed by atoms with van der Waals surface area (Å²) in [6, 6.07) is 7.93. The fourth-order valence-corrected chi connectivity index (χ4v) is 3.27. The molecule has 1 aliphatic heterocycles. The smallest absolute Gasteiger partial charge is 0.127 e. The molecule has 24 heavy (non-hydrogen) atoms. The van der Waals surface area contributed by atoms with Gasteiger partial charge in [0.25, 0.3) is 0 Å². The minimum Gasteiger partial charge on any atom is -0.497 e. The molecule has 0 amide bonds. The van der Waals surface area contributed by atoms with Crippen LogP contribution in [0.3, 0.4) is 0 Å². The molecular formula is C18H25N3O3. The van der Waals surface area contributed by atoms with Crippen molar-refractivity contribution in [2.45, 2.75) is 25.5 Å². The van der Waals surface area contributed by atoms with Crippen LogP contribution in [-0.2, 0) is 6.54 Å². The summed E-state index contributed by atoms with van der Waals surface area (Å²) in [6.45, 7) is 2.46. The highest BCUT2D eigenvalue weighted by molar-refractivity contribution is 5.38. The Hall–Kier alpha value is -1.89. The van der Waals surface area contributed by atoms with Crippen molar-refractivity contribution in [3.63, 3.8) is 0 Å². The molecule has 1 saturated heterocycles. The molecule has 1 fully saturated rings. The largest absolute Gasteiger partial charge is 0.497 e. The van der Waals surface area contributed by atoms with Crippen molar-refractivity contribution in [3.8, 4) is 11.4 Å². The van der Waals surface area contributed by atoms with Crippen molar-refractivity contribution >= 4 is 0 Å². The van der Waals surface area contributed by atoms with Crippen molar-refractivity contribution in [2.24, 2.45) is 5.92 Å². The van der Waals surface area contributed by atoms with Gasteiger partial charge in [0, 0.05) is 18.1 Å². The van der Waals surface area contributed by atoms with Crippen LogP contribution in [0.4, 0.5) is 0 Å². The van der Waals surface area contributed by atoms with Gasteiger partial charge in [0.2, 0.25) is 0 Å². The molecule has 0 spiro atoms. The second-order valence-corrected chi connectivity index (χ2v) is 6.27.